The van der Waals surface area contributed by atoms with Crippen LogP contribution in [-0.4, -0.2) is 29.4 Å². The first-order valence-corrected chi connectivity index (χ1v) is 11.5. The van der Waals surface area contributed by atoms with Gasteiger partial charge in [-0.2, -0.15) is 0 Å². The van der Waals surface area contributed by atoms with Gasteiger partial charge in [0.25, 0.3) is 17.7 Å². The summed E-state index contributed by atoms with van der Waals surface area (Å²) in [4.78, 5) is 37.2. The van der Waals surface area contributed by atoms with Crippen molar-refractivity contribution in [3.63, 3.8) is 0 Å². The smallest absolute Gasteiger partial charge is 0.269 e. The summed E-state index contributed by atoms with van der Waals surface area (Å²) in [6.45, 7) is 2.56. The highest BCUT2D eigenvalue weighted by Crippen LogP contribution is 2.18. The highest BCUT2D eigenvalue weighted by Gasteiger charge is 2.14. The minimum absolute atomic E-state index is 0.0709. The SMILES string of the molecule is CCCCOc1ccccc1C(=O)NC(=S)NNC(=O)c1ccc(NC(=O)c2ccccc2)cc1. The predicted molar refractivity (Wildman–Crippen MR) is 138 cm³/mol. The van der Waals surface area contributed by atoms with E-state index in [1.807, 2.05) is 6.07 Å². The lowest BCUT2D eigenvalue weighted by Crippen LogP contribution is -2.48. The molecule has 35 heavy (non-hydrogen) atoms. The molecule has 3 amide bonds. The maximum Gasteiger partial charge on any atom is 0.269 e. The van der Waals surface area contributed by atoms with Crippen LogP contribution in [0.3, 0.4) is 0 Å². The Morgan fingerprint density at radius 3 is 2.14 bits per heavy atom. The van der Waals surface area contributed by atoms with Crippen LogP contribution in [0.1, 0.15) is 50.8 Å². The summed E-state index contributed by atoms with van der Waals surface area (Å²) in [7, 11) is 0. The second-order valence-corrected chi connectivity index (χ2v) is 7.87. The minimum atomic E-state index is -0.467. The quantitative estimate of drug-likeness (QED) is 0.215. The van der Waals surface area contributed by atoms with Crippen LogP contribution in [0.15, 0.2) is 78.9 Å². The standard InChI is InChI=1S/C26H26N4O4S/c1-2-3-17-34-22-12-8-7-11-21(22)25(33)28-26(35)30-29-24(32)19-13-15-20(16-14-19)27-23(31)18-9-5-4-6-10-18/h4-16H,2-3,17H2,1H3,(H,27,31)(H,29,32)(H2,28,30,33,35). The van der Waals surface area contributed by atoms with Crippen molar-refractivity contribution in [2.24, 2.45) is 0 Å². The Labute approximate surface area is 209 Å². The first-order valence-electron chi connectivity index (χ1n) is 11.1. The van der Waals surface area contributed by atoms with Crippen molar-refractivity contribution in [3.05, 3.63) is 95.6 Å². The van der Waals surface area contributed by atoms with Crippen molar-refractivity contribution in [1.29, 1.82) is 0 Å². The summed E-state index contributed by atoms with van der Waals surface area (Å²) in [5.74, 6) is -0.708. The Morgan fingerprint density at radius 2 is 1.43 bits per heavy atom. The van der Waals surface area contributed by atoms with E-state index in [0.717, 1.165) is 12.8 Å². The van der Waals surface area contributed by atoms with Crippen LogP contribution in [-0.2, 0) is 0 Å². The summed E-state index contributed by atoms with van der Waals surface area (Å²) in [6.07, 6.45) is 1.86. The molecule has 0 aliphatic rings. The lowest BCUT2D eigenvalue weighted by atomic mass is 10.1. The molecule has 3 rings (SSSR count). The van der Waals surface area contributed by atoms with E-state index in [1.165, 1.54) is 0 Å². The fraction of sp³-hybridized carbons (Fsp3) is 0.154. The Balaban J connectivity index is 1.49. The zero-order chi connectivity index (χ0) is 25.0. The van der Waals surface area contributed by atoms with Gasteiger partial charge in [-0.3, -0.25) is 30.6 Å². The molecule has 0 unspecified atom stereocenters. The second-order valence-electron chi connectivity index (χ2n) is 7.46. The summed E-state index contributed by atoms with van der Waals surface area (Å²) >= 11 is 5.12. The van der Waals surface area contributed by atoms with Gasteiger partial charge in [-0.25, -0.2) is 0 Å². The predicted octanol–water partition coefficient (Wildman–Crippen LogP) is 4.07. The highest BCUT2D eigenvalue weighted by molar-refractivity contribution is 7.80. The van der Waals surface area contributed by atoms with Crippen LogP contribution in [0.25, 0.3) is 0 Å². The molecule has 3 aromatic carbocycles. The average Bonchev–Trinajstić information content (AvgIpc) is 2.88. The van der Waals surface area contributed by atoms with E-state index in [4.69, 9.17) is 17.0 Å². The Bertz CT molecular complexity index is 1180. The second kappa shape index (κ2) is 12.9. The van der Waals surface area contributed by atoms with Crippen molar-refractivity contribution in [1.82, 2.24) is 16.2 Å². The van der Waals surface area contributed by atoms with Crippen LogP contribution in [0.4, 0.5) is 5.69 Å². The molecular weight excluding hydrogens is 464 g/mol. The molecule has 0 fully saturated rings. The molecule has 8 nitrogen and oxygen atoms in total. The Morgan fingerprint density at radius 1 is 0.771 bits per heavy atom. The molecule has 0 saturated carbocycles. The van der Waals surface area contributed by atoms with Gasteiger partial charge in [0.1, 0.15) is 5.75 Å². The van der Waals surface area contributed by atoms with Gasteiger partial charge in [0.15, 0.2) is 5.11 Å². The molecule has 0 spiro atoms. The van der Waals surface area contributed by atoms with Gasteiger partial charge in [-0.05, 0) is 67.2 Å². The number of anilines is 1. The largest absolute Gasteiger partial charge is 0.493 e. The normalized spacial score (nSPS) is 10.1. The van der Waals surface area contributed by atoms with Gasteiger partial charge >= 0.3 is 0 Å². The fourth-order valence-corrected chi connectivity index (χ4v) is 3.14. The van der Waals surface area contributed by atoms with Crippen molar-refractivity contribution >= 4 is 40.7 Å². The van der Waals surface area contributed by atoms with Crippen LogP contribution in [0.5, 0.6) is 5.75 Å². The van der Waals surface area contributed by atoms with Crippen molar-refractivity contribution in [3.8, 4) is 5.75 Å². The molecule has 3 aromatic rings. The topological polar surface area (TPSA) is 109 Å². The first kappa shape index (κ1) is 25.4. The summed E-state index contributed by atoms with van der Waals surface area (Å²) in [5, 5.41) is 5.22. The van der Waals surface area contributed by atoms with E-state index in [2.05, 4.69) is 28.4 Å². The van der Waals surface area contributed by atoms with Gasteiger partial charge in [0, 0.05) is 16.8 Å². The lowest BCUT2D eigenvalue weighted by Gasteiger charge is -2.13. The van der Waals surface area contributed by atoms with Crippen LogP contribution < -0.4 is 26.2 Å². The number of hydrogen-bond donors (Lipinski definition) is 4. The molecule has 180 valence electrons. The summed E-state index contributed by atoms with van der Waals surface area (Å²) in [6, 6.07) is 22.0. The number of carbonyl (C=O) groups is 3. The number of thiocarbonyl (C=S) groups is 1. The van der Waals surface area contributed by atoms with E-state index in [9.17, 15) is 14.4 Å². The van der Waals surface area contributed by atoms with E-state index >= 15 is 0 Å². The molecule has 0 bridgehead atoms. The summed E-state index contributed by atoms with van der Waals surface area (Å²) < 4.78 is 5.67. The zero-order valence-corrected chi connectivity index (χ0v) is 20.0. The van der Waals surface area contributed by atoms with E-state index in [1.54, 1.807) is 72.8 Å². The molecular formula is C26H26N4O4S. The molecule has 0 aliphatic heterocycles. The van der Waals surface area contributed by atoms with Gasteiger partial charge in [-0.1, -0.05) is 43.7 Å². The van der Waals surface area contributed by atoms with E-state index < -0.39 is 11.8 Å². The maximum absolute atomic E-state index is 12.6. The molecule has 0 atom stereocenters. The number of hydrazine groups is 1. The lowest BCUT2D eigenvalue weighted by molar-refractivity contribution is 0.0933. The first-order chi connectivity index (χ1) is 17.0. The van der Waals surface area contributed by atoms with Gasteiger partial charge in [-0.15, -0.1) is 0 Å². The van der Waals surface area contributed by atoms with Crippen molar-refractivity contribution < 1.29 is 19.1 Å². The molecule has 0 heterocycles. The molecule has 0 aliphatic carbocycles. The maximum atomic E-state index is 12.6. The number of carbonyl (C=O) groups excluding carboxylic acids is 3. The number of hydrogen-bond acceptors (Lipinski definition) is 5. The van der Waals surface area contributed by atoms with Crippen LogP contribution >= 0.6 is 12.2 Å². The van der Waals surface area contributed by atoms with Crippen LogP contribution in [0.2, 0.25) is 0 Å². The number of nitrogens with one attached hydrogen (secondary N) is 4. The highest BCUT2D eigenvalue weighted by atomic mass is 32.1. The number of rotatable bonds is 8. The van der Waals surface area contributed by atoms with Gasteiger partial charge < -0.3 is 10.1 Å². The third-order valence-electron chi connectivity index (χ3n) is 4.84. The van der Waals surface area contributed by atoms with E-state index in [-0.39, 0.29) is 11.0 Å². The number of ether oxygens (including phenoxy) is 1. The number of amides is 3. The van der Waals surface area contributed by atoms with Gasteiger partial charge in [0.2, 0.25) is 0 Å². The molecule has 4 N–H and O–H groups in total. The third kappa shape index (κ3) is 7.65. The van der Waals surface area contributed by atoms with Crippen molar-refractivity contribution in [2.45, 2.75) is 19.8 Å². The molecule has 0 aromatic heterocycles. The fourth-order valence-electron chi connectivity index (χ4n) is 2.99. The average molecular weight is 491 g/mol. The number of para-hydroxylation sites is 1. The number of benzene rings is 3. The summed E-state index contributed by atoms with van der Waals surface area (Å²) in [5.41, 5.74) is 6.70. The monoisotopic (exact) mass is 490 g/mol. The molecule has 9 heteroatoms. The van der Waals surface area contributed by atoms with Gasteiger partial charge in [0.05, 0.1) is 12.2 Å². The number of unbranched alkanes of at least 4 members (excludes halogenated alkanes) is 1. The molecule has 0 saturated heterocycles. The third-order valence-corrected chi connectivity index (χ3v) is 5.05. The van der Waals surface area contributed by atoms with E-state index in [0.29, 0.717) is 34.7 Å². The zero-order valence-electron chi connectivity index (χ0n) is 19.2. The Hall–Kier alpha value is -4.24. The van der Waals surface area contributed by atoms with Crippen molar-refractivity contribution in [2.75, 3.05) is 11.9 Å². The molecule has 0 radical (unpaired) electrons. The minimum Gasteiger partial charge on any atom is -0.493 e. The van der Waals surface area contributed by atoms with Crippen LogP contribution in [0, 0.1) is 0 Å². The Kier molecular flexibility index (Phi) is 9.32.